The average molecular weight is 249 g/mol. The van der Waals surface area contributed by atoms with Crippen LogP contribution in [0.4, 0.5) is 0 Å². The zero-order valence-electron chi connectivity index (χ0n) is 3.80. The number of hydrogen-bond donors (Lipinski definition) is 1. The second-order valence-corrected chi connectivity index (χ2v) is 2.96. The normalized spacial score (nSPS) is 10.2. The fourth-order valence-electron chi connectivity index (χ4n) is 0.112. The van der Waals surface area contributed by atoms with Crippen LogP contribution in [-0.2, 0) is 32.5 Å². The number of thiol groups is 1. The molecule has 0 bridgehead atoms. The SMILES string of the molecule is O=S(=O)([O-])CCS.[Ag+]. The van der Waals surface area contributed by atoms with Crippen molar-refractivity contribution in [2.45, 2.75) is 0 Å². The van der Waals surface area contributed by atoms with E-state index in [9.17, 15) is 13.0 Å². The summed E-state index contributed by atoms with van der Waals surface area (Å²) in [4.78, 5) is 0. The van der Waals surface area contributed by atoms with Crippen molar-refractivity contribution in [1.82, 2.24) is 0 Å². The molecule has 54 valence electrons. The summed E-state index contributed by atoms with van der Waals surface area (Å²) < 4.78 is 28.9. The Morgan fingerprint density at radius 3 is 1.88 bits per heavy atom. The summed E-state index contributed by atoms with van der Waals surface area (Å²) in [7, 11) is -4.00. The van der Waals surface area contributed by atoms with Gasteiger partial charge in [-0.15, -0.1) is 0 Å². The summed E-state index contributed by atoms with van der Waals surface area (Å²) in [5.74, 6) is -0.276. The third-order valence-corrected chi connectivity index (χ3v) is 1.57. The minimum Gasteiger partial charge on any atom is -0.748 e. The van der Waals surface area contributed by atoms with Crippen molar-refractivity contribution in [1.29, 1.82) is 0 Å². The Balaban J connectivity index is 0. The molecule has 0 aliphatic heterocycles. The summed E-state index contributed by atoms with van der Waals surface area (Å²) in [6.07, 6.45) is 0. The molecule has 0 aromatic carbocycles. The van der Waals surface area contributed by atoms with E-state index < -0.39 is 10.1 Å². The van der Waals surface area contributed by atoms with Gasteiger partial charge in [-0.1, -0.05) is 0 Å². The molecule has 0 aromatic heterocycles. The molecule has 3 nitrogen and oxygen atoms in total. The van der Waals surface area contributed by atoms with Gasteiger partial charge in [0.25, 0.3) is 0 Å². The molecule has 0 fully saturated rings. The molecule has 8 heavy (non-hydrogen) atoms. The van der Waals surface area contributed by atoms with E-state index in [4.69, 9.17) is 0 Å². The molecule has 0 N–H and O–H groups in total. The minimum absolute atomic E-state index is 0. The van der Waals surface area contributed by atoms with E-state index in [1.54, 1.807) is 0 Å². The van der Waals surface area contributed by atoms with Crippen LogP contribution in [0.15, 0.2) is 0 Å². The van der Waals surface area contributed by atoms with Gasteiger partial charge in [-0.3, -0.25) is 0 Å². The van der Waals surface area contributed by atoms with E-state index in [1.807, 2.05) is 0 Å². The minimum atomic E-state index is -4.00. The first kappa shape index (κ1) is 11.8. The maximum Gasteiger partial charge on any atom is 1.00 e. The quantitative estimate of drug-likeness (QED) is 0.406. The molecule has 0 aliphatic rings. The molecule has 0 aromatic rings. The zero-order chi connectivity index (χ0) is 5.91. The van der Waals surface area contributed by atoms with Crippen molar-refractivity contribution in [3.63, 3.8) is 0 Å². The molecular formula is C2H5AgO3S2. The molecule has 0 heterocycles. The summed E-state index contributed by atoms with van der Waals surface area (Å²) in [6, 6.07) is 0. The monoisotopic (exact) mass is 248 g/mol. The fourth-order valence-corrected chi connectivity index (χ4v) is 1.01. The van der Waals surface area contributed by atoms with E-state index in [0.29, 0.717) is 0 Å². The molecule has 0 spiro atoms. The third kappa shape index (κ3) is 10.1. The largest absolute Gasteiger partial charge is 1.00 e. The van der Waals surface area contributed by atoms with Crippen molar-refractivity contribution in [2.75, 3.05) is 11.5 Å². The van der Waals surface area contributed by atoms with E-state index in [-0.39, 0.29) is 33.9 Å². The van der Waals surface area contributed by atoms with Crippen molar-refractivity contribution in [2.24, 2.45) is 0 Å². The predicted octanol–water partition coefficient (Wildman–Crippen LogP) is -0.541. The Labute approximate surface area is 69.5 Å². The van der Waals surface area contributed by atoms with Crippen LogP contribution in [0.25, 0.3) is 0 Å². The maximum atomic E-state index is 9.63. The zero-order valence-corrected chi connectivity index (χ0v) is 6.99. The summed E-state index contributed by atoms with van der Waals surface area (Å²) >= 11 is 3.53. The molecule has 0 unspecified atom stereocenters. The Morgan fingerprint density at radius 1 is 1.50 bits per heavy atom. The molecule has 0 atom stereocenters. The Bertz CT molecular complexity index is 128. The molecule has 6 heteroatoms. The van der Waals surface area contributed by atoms with Gasteiger partial charge < -0.3 is 4.55 Å². The number of hydrogen-bond acceptors (Lipinski definition) is 4. The molecule has 0 saturated carbocycles. The first-order chi connectivity index (χ1) is 3.06. The average Bonchev–Trinajstić information content (AvgIpc) is 1.30. The van der Waals surface area contributed by atoms with Gasteiger partial charge in [-0.25, -0.2) is 8.42 Å². The second kappa shape index (κ2) is 4.84. The first-order valence-corrected chi connectivity index (χ1v) is 3.81. The molecule has 0 rings (SSSR count). The summed E-state index contributed by atoms with van der Waals surface area (Å²) in [5, 5.41) is 0. The van der Waals surface area contributed by atoms with Crippen LogP contribution >= 0.6 is 12.6 Å². The van der Waals surface area contributed by atoms with Crippen molar-refractivity contribution in [3.05, 3.63) is 0 Å². The van der Waals surface area contributed by atoms with Crippen LogP contribution in [-0.4, -0.2) is 24.5 Å². The summed E-state index contributed by atoms with van der Waals surface area (Å²) in [6.45, 7) is 0. The van der Waals surface area contributed by atoms with E-state index >= 15 is 0 Å². The molecule has 0 aliphatic carbocycles. The van der Waals surface area contributed by atoms with Crippen LogP contribution in [0.5, 0.6) is 0 Å². The van der Waals surface area contributed by atoms with Crippen LogP contribution in [0, 0.1) is 0 Å². The van der Waals surface area contributed by atoms with Gasteiger partial charge in [0.2, 0.25) is 0 Å². The Hall–Kier alpha value is 1.00. The Kier molecular flexibility index (Phi) is 7.11. The van der Waals surface area contributed by atoms with Crippen molar-refractivity contribution < 1.29 is 35.4 Å². The molecule has 0 radical (unpaired) electrons. The predicted molar refractivity (Wildman–Crippen MR) is 28.4 cm³/mol. The van der Waals surface area contributed by atoms with Gasteiger partial charge in [0.1, 0.15) is 0 Å². The van der Waals surface area contributed by atoms with E-state index in [2.05, 4.69) is 12.6 Å². The van der Waals surface area contributed by atoms with Gasteiger partial charge in [0, 0.05) is 11.5 Å². The fraction of sp³-hybridized carbons (Fsp3) is 1.00. The molecular weight excluding hydrogens is 244 g/mol. The standard InChI is InChI=1S/C2H6O3S2.Ag/c3-7(4,5)2-1-6;/h6H,1-2H2,(H,3,4,5);/q;+1/p-1. The van der Waals surface area contributed by atoms with Crippen LogP contribution in [0.2, 0.25) is 0 Å². The van der Waals surface area contributed by atoms with Crippen LogP contribution in [0.1, 0.15) is 0 Å². The van der Waals surface area contributed by atoms with Crippen LogP contribution in [0.3, 0.4) is 0 Å². The topological polar surface area (TPSA) is 57.2 Å². The Morgan fingerprint density at radius 2 is 1.88 bits per heavy atom. The smallest absolute Gasteiger partial charge is 0.748 e. The van der Waals surface area contributed by atoms with Crippen LogP contribution < -0.4 is 0 Å². The van der Waals surface area contributed by atoms with Crippen molar-refractivity contribution >= 4 is 22.7 Å². The van der Waals surface area contributed by atoms with Gasteiger partial charge in [0.15, 0.2) is 0 Å². The molecule has 0 saturated heterocycles. The van der Waals surface area contributed by atoms with E-state index in [0.717, 1.165) is 0 Å². The van der Waals surface area contributed by atoms with Gasteiger partial charge >= 0.3 is 22.4 Å². The molecule has 0 amide bonds. The van der Waals surface area contributed by atoms with Crippen molar-refractivity contribution in [3.8, 4) is 0 Å². The summed E-state index contributed by atoms with van der Waals surface area (Å²) in [5.41, 5.74) is 0. The first-order valence-electron chi connectivity index (χ1n) is 1.60. The maximum absolute atomic E-state index is 9.63. The van der Waals surface area contributed by atoms with Gasteiger partial charge in [0.05, 0.1) is 10.1 Å². The van der Waals surface area contributed by atoms with E-state index in [1.165, 1.54) is 0 Å². The third-order valence-electron chi connectivity index (χ3n) is 0.341. The van der Waals surface area contributed by atoms with Gasteiger partial charge in [-0.05, 0) is 0 Å². The number of rotatable bonds is 2. The second-order valence-electron chi connectivity index (χ2n) is 0.985. The van der Waals surface area contributed by atoms with Gasteiger partial charge in [-0.2, -0.15) is 12.6 Å².